The van der Waals surface area contributed by atoms with E-state index in [-0.39, 0.29) is 6.04 Å². The van der Waals surface area contributed by atoms with E-state index in [9.17, 15) is 0 Å². The molecule has 4 heteroatoms. The van der Waals surface area contributed by atoms with Crippen LogP contribution < -0.4 is 5.73 Å². The van der Waals surface area contributed by atoms with Crippen molar-refractivity contribution >= 4 is 39.0 Å². The number of thiophene rings is 1. The van der Waals surface area contributed by atoms with Gasteiger partial charge in [0.1, 0.15) is 0 Å². The fourth-order valence-electron chi connectivity index (χ4n) is 2.38. The molecule has 0 radical (unpaired) electrons. The van der Waals surface area contributed by atoms with Crippen LogP contribution in [-0.4, -0.2) is 11.8 Å². The maximum absolute atomic E-state index is 6.41. The molecule has 2 N–H and O–H groups in total. The van der Waals surface area contributed by atoms with Gasteiger partial charge in [-0.05, 0) is 40.0 Å². The standard InChI is InChI=1S/C14H14BrNS2/c15-9-5-10(17-7-9)6-13(16)12-8-18-14-4-2-1-3-11(12)14/h1-5,7,12-13H,6,8,16H2. The minimum absolute atomic E-state index is 0.215. The second-order valence-electron chi connectivity index (χ2n) is 4.55. The van der Waals surface area contributed by atoms with Crippen molar-refractivity contribution in [2.75, 3.05) is 5.75 Å². The molecule has 0 saturated carbocycles. The van der Waals surface area contributed by atoms with E-state index in [1.54, 1.807) is 11.3 Å². The SMILES string of the molecule is NC(Cc1cc(Br)cs1)C1CSc2ccccc21. The lowest BCUT2D eigenvalue weighted by molar-refractivity contribution is 0.575. The van der Waals surface area contributed by atoms with E-state index in [1.807, 2.05) is 11.8 Å². The number of hydrogen-bond donors (Lipinski definition) is 1. The Labute approximate surface area is 124 Å². The second kappa shape index (κ2) is 5.37. The van der Waals surface area contributed by atoms with Crippen LogP contribution in [0.1, 0.15) is 16.4 Å². The Hall–Kier alpha value is -0.290. The van der Waals surface area contributed by atoms with Gasteiger partial charge in [-0.15, -0.1) is 23.1 Å². The Morgan fingerprint density at radius 1 is 1.39 bits per heavy atom. The molecule has 94 valence electrons. The minimum Gasteiger partial charge on any atom is -0.327 e. The van der Waals surface area contributed by atoms with E-state index in [4.69, 9.17) is 5.73 Å². The molecule has 2 heterocycles. The van der Waals surface area contributed by atoms with Crippen molar-refractivity contribution in [1.82, 2.24) is 0 Å². The van der Waals surface area contributed by atoms with E-state index in [0.717, 1.165) is 16.6 Å². The van der Waals surface area contributed by atoms with Gasteiger partial charge in [0.05, 0.1) is 0 Å². The Morgan fingerprint density at radius 2 is 2.22 bits per heavy atom. The molecule has 1 aliphatic rings. The Balaban J connectivity index is 1.76. The zero-order valence-corrected chi connectivity index (χ0v) is 13.0. The predicted molar refractivity (Wildman–Crippen MR) is 83.6 cm³/mol. The average Bonchev–Trinajstić information content (AvgIpc) is 2.95. The lowest BCUT2D eigenvalue weighted by atomic mass is 9.91. The fourth-order valence-corrected chi connectivity index (χ4v) is 5.25. The molecule has 1 aliphatic heterocycles. The maximum Gasteiger partial charge on any atom is 0.0285 e. The molecule has 0 aliphatic carbocycles. The summed E-state index contributed by atoms with van der Waals surface area (Å²) in [7, 11) is 0. The monoisotopic (exact) mass is 339 g/mol. The van der Waals surface area contributed by atoms with Gasteiger partial charge in [0.2, 0.25) is 0 Å². The highest BCUT2D eigenvalue weighted by atomic mass is 79.9. The highest BCUT2D eigenvalue weighted by Crippen LogP contribution is 2.41. The quantitative estimate of drug-likeness (QED) is 0.903. The van der Waals surface area contributed by atoms with Crippen LogP contribution in [0.2, 0.25) is 0 Å². The molecule has 3 rings (SSSR count). The first kappa shape index (κ1) is 12.7. The van der Waals surface area contributed by atoms with Crippen LogP contribution in [0.3, 0.4) is 0 Å². The van der Waals surface area contributed by atoms with Crippen LogP contribution >= 0.6 is 39.0 Å². The lowest BCUT2D eigenvalue weighted by Gasteiger charge is -2.18. The highest BCUT2D eigenvalue weighted by Gasteiger charge is 2.28. The molecule has 1 nitrogen and oxygen atoms in total. The van der Waals surface area contributed by atoms with Crippen molar-refractivity contribution in [3.05, 3.63) is 50.6 Å². The van der Waals surface area contributed by atoms with Crippen molar-refractivity contribution in [2.24, 2.45) is 5.73 Å². The summed E-state index contributed by atoms with van der Waals surface area (Å²) in [6, 6.07) is 11.0. The first-order valence-electron chi connectivity index (χ1n) is 5.94. The Kier molecular flexibility index (Phi) is 3.80. The van der Waals surface area contributed by atoms with E-state index >= 15 is 0 Å². The molecule has 0 saturated heterocycles. The third-order valence-corrected chi connectivity index (χ3v) is 6.24. The number of fused-ring (bicyclic) bond motifs is 1. The molecule has 1 aromatic heterocycles. The van der Waals surface area contributed by atoms with Crippen molar-refractivity contribution < 1.29 is 0 Å². The van der Waals surface area contributed by atoms with Gasteiger partial charge in [-0.1, -0.05) is 18.2 Å². The zero-order valence-electron chi connectivity index (χ0n) is 9.80. The van der Waals surface area contributed by atoms with Gasteiger partial charge in [0.25, 0.3) is 0 Å². The lowest BCUT2D eigenvalue weighted by Crippen LogP contribution is -2.30. The van der Waals surface area contributed by atoms with Crippen molar-refractivity contribution in [1.29, 1.82) is 0 Å². The summed E-state index contributed by atoms with van der Waals surface area (Å²) in [6.07, 6.45) is 0.968. The average molecular weight is 340 g/mol. The van der Waals surface area contributed by atoms with Crippen molar-refractivity contribution in [3.8, 4) is 0 Å². The number of halogens is 1. The van der Waals surface area contributed by atoms with Gasteiger partial charge in [-0.3, -0.25) is 0 Å². The maximum atomic E-state index is 6.41. The second-order valence-corrected chi connectivity index (χ2v) is 7.53. The van der Waals surface area contributed by atoms with E-state index in [2.05, 4.69) is 51.6 Å². The smallest absolute Gasteiger partial charge is 0.0285 e. The van der Waals surface area contributed by atoms with Crippen LogP contribution in [0.15, 0.2) is 45.1 Å². The van der Waals surface area contributed by atoms with Gasteiger partial charge < -0.3 is 5.73 Å². The number of nitrogens with two attached hydrogens (primary N) is 1. The molecular weight excluding hydrogens is 326 g/mol. The summed E-state index contributed by atoms with van der Waals surface area (Å²) >= 11 is 7.22. The van der Waals surface area contributed by atoms with E-state index in [1.165, 1.54) is 15.3 Å². The molecular formula is C14H14BrNS2. The molecule has 2 aromatic rings. The van der Waals surface area contributed by atoms with Crippen LogP contribution in [0.4, 0.5) is 0 Å². The molecule has 18 heavy (non-hydrogen) atoms. The summed E-state index contributed by atoms with van der Waals surface area (Å²) in [5.41, 5.74) is 7.85. The minimum atomic E-state index is 0.215. The Bertz CT molecular complexity index is 552. The molecule has 0 spiro atoms. The van der Waals surface area contributed by atoms with Gasteiger partial charge in [0, 0.05) is 37.3 Å². The number of benzene rings is 1. The predicted octanol–water partition coefficient (Wildman–Crippen LogP) is 4.27. The number of rotatable bonds is 3. The summed E-state index contributed by atoms with van der Waals surface area (Å²) < 4.78 is 1.16. The van der Waals surface area contributed by atoms with E-state index in [0.29, 0.717) is 5.92 Å². The highest BCUT2D eigenvalue weighted by molar-refractivity contribution is 9.10. The zero-order chi connectivity index (χ0) is 12.5. The van der Waals surface area contributed by atoms with Crippen LogP contribution in [0, 0.1) is 0 Å². The number of thioether (sulfide) groups is 1. The largest absolute Gasteiger partial charge is 0.327 e. The molecule has 0 amide bonds. The van der Waals surface area contributed by atoms with E-state index < -0.39 is 0 Å². The van der Waals surface area contributed by atoms with Gasteiger partial charge >= 0.3 is 0 Å². The van der Waals surface area contributed by atoms with Crippen LogP contribution in [-0.2, 0) is 6.42 Å². The van der Waals surface area contributed by atoms with Gasteiger partial charge in [-0.2, -0.15) is 0 Å². The normalized spacial score (nSPS) is 19.8. The Morgan fingerprint density at radius 3 is 3.00 bits per heavy atom. The summed E-state index contributed by atoms with van der Waals surface area (Å²) in [5.74, 6) is 1.61. The number of hydrogen-bond acceptors (Lipinski definition) is 3. The van der Waals surface area contributed by atoms with Crippen LogP contribution in [0.25, 0.3) is 0 Å². The van der Waals surface area contributed by atoms with Gasteiger partial charge in [0.15, 0.2) is 0 Å². The topological polar surface area (TPSA) is 26.0 Å². The van der Waals surface area contributed by atoms with Crippen molar-refractivity contribution in [3.63, 3.8) is 0 Å². The first-order chi connectivity index (χ1) is 8.74. The molecule has 0 fully saturated rings. The molecule has 0 bridgehead atoms. The molecule has 1 aromatic carbocycles. The summed E-state index contributed by atoms with van der Waals surface area (Å²) in [6.45, 7) is 0. The van der Waals surface area contributed by atoms with Crippen molar-refractivity contribution in [2.45, 2.75) is 23.3 Å². The fraction of sp³-hybridized carbons (Fsp3) is 0.286. The first-order valence-corrected chi connectivity index (χ1v) is 8.60. The molecule has 2 atom stereocenters. The third kappa shape index (κ3) is 2.52. The summed E-state index contributed by atoms with van der Waals surface area (Å²) in [4.78, 5) is 2.77. The summed E-state index contributed by atoms with van der Waals surface area (Å²) in [5, 5.41) is 2.12. The van der Waals surface area contributed by atoms with Crippen LogP contribution in [0.5, 0.6) is 0 Å². The van der Waals surface area contributed by atoms with Gasteiger partial charge in [-0.25, -0.2) is 0 Å². The third-order valence-electron chi connectivity index (χ3n) is 3.31. The molecule has 2 unspecified atom stereocenters.